The van der Waals surface area contributed by atoms with Crippen molar-refractivity contribution in [1.82, 2.24) is 4.57 Å². The van der Waals surface area contributed by atoms with Crippen molar-refractivity contribution in [2.45, 2.75) is 13.0 Å². The number of nitrogens with zero attached hydrogens (tertiary/aromatic N) is 3. The fourth-order valence-corrected chi connectivity index (χ4v) is 2.59. The molecule has 4 nitrogen and oxygen atoms in total. The van der Waals surface area contributed by atoms with Crippen LogP contribution in [0.5, 0.6) is 0 Å². The van der Waals surface area contributed by atoms with Crippen molar-refractivity contribution in [3.8, 4) is 6.07 Å². The van der Waals surface area contributed by atoms with E-state index in [1.165, 1.54) is 4.57 Å². The van der Waals surface area contributed by atoms with Crippen molar-refractivity contribution in [3.63, 3.8) is 0 Å². The second-order valence-electron chi connectivity index (χ2n) is 5.63. The lowest BCUT2D eigenvalue weighted by atomic mass is 10.1. The molecule has 1 atom stereocenters. The number of rotatable bonds is 3. The van der Waals surface area contributed by atoms with Crippen LogP contribution in [0.15, 0.2) is 84.0 Å². The van der Waals surface area contributed by atoms with Crippen LogP contribution in [0.4, 0.5) is 0 Å². The van der Waals surface area contributed by atoms with Crippen LogP contribution >= 0.6 is 0 Å². The highest BCUT2D eigenvalue weighted by Gasteiger charge is 2.13. The molecule has 122 valence electrons. The Balaban J connectivity index is 2.14. The first-order valence-corrected chi connectivity index (χ1v) is 7.97. The number of carbonyl (C=O) groups is 1. The number of benzene rings is 2. The number of carbonyl (C=O) groups excluding carboxylic acids is 1. The fourth-order valence-electron chi connectivity index (χ4n) is 2.59. The third-order valence-corrected chi connectivity index (χ3v) is 3.89. The smallest absolute Gasteiger partial charge is 0.263 e. The minimum absolute atomic E-state index is 0.173. The van der Waals surface area contributed by atoms with E-state index in [1.807, 2.05) is 61.5 Å². The van der Waals surface area contributed by atoms with Gasteiger partial charge in [-0.2, -0.15) is 5.26 Å². The van der Waals surface area contributed by atoms with Gasteiger partial charge in [0, 0.05) is 11.8 Å². The van der Waals surface area contributed by atoms with E-state index in [0.29, 0.717) is 11.1 Å². The molecular formula is C21H17N3O. The molecule has 3 aromatic rings. The van der Waals surface area contributed by atoms with Crippen LogP contribution in [-0.4, -0.2) is 10.5 Å². The zero-order valence-corrected chi connectivity index (χ0v) is 13.8. The van der Waals surface area contributed by atoms with Crippen LogP contribution in [0.2, 0.25) is 0 Å². The second kappa shape index (κ2) is 7.41. The Bertz CT molecular complexity index is 983. The van der Waals surface area contributed by atoms with Gasteiger partial charge in [-0.25, -0.2) is 4.99 Å². The zero-order valence-electron chi connectivity index (χ0n) is 13.8. The van der Waals surface area contributed by atoms with Crippen LogP contribution in [0.25, 0.3) is 0 Å². The second-order valence-corrected chi connectivity index (χ2v) is 5.63. The Labute approximate surface area is 146 Å². The van der Waals surface area contributed by atoms with Gasteiger partial charge in [0.25, 0.3) is 5.91 Å². The summed E-state index contributed by atoms with van der Waals surface area (Å²) < 4.78 is 1.50. The van der Waals surface area contributed by atoms with Crippen molar-refractivity contribution in [3.05, 3.63) is 101 Å². The highest BCUT2D eigenvalue weighted by atomic mass is 16.2. The fraction of sp³-hybridized carbons (Fsp3) is 0.0952. The van der Waals surface area contributed by atoms with E-state index in [-0.39, 0.29) is 5.91 Å². The van der Waals surface area contributed by atoms with Gasteiger partial charge in [0.1, 0.15) is 5.49 Å². The summed E-state index contributed by atoms with van der Waals surface area (Å²) in [5, 5.41) is 9.54. The summed E-state index contributed by atoms with van der Waals surface area (Å²) in [6.45, 7) is 1.88. The molecule has 0 amide bonds. The summed E-state index contributed by atoms with van der Waals surface area (Å²) in [7, 11) is 0. The standard InChI is InChI=1S/C21H17N3O/c1-16-9-8-14-24(21(25)18-12-6-3-7-13-18)20(16)23-19(15-22)17-10-4-2-5-11-17/h2-14,19H,1H3/t19-/m1/s1. The molecule has 0 N–H and O–H groups in total. The van der Waals surface area contributed by atoms with Gasteiger partial charge < -0.3 is 0 Å². The van der Waals surface area contributed by atoms with Gasteiger partial charge in [0.15, 0.2) is 6.04 Å². The zero-order chi connectivity index (χ0) is 17.6. The van der Waals surface area contributed by atoms with Crippen LogP contribution in [0.1, 0.15) is 27.5 Å². The molecule has 1 aromatic heterocycles. The number of aromatic nitrogens is 1. The highest BCUT2D eigenvalue weighted by Crippen LogP contribution is 2.15. The van der Waals surface area contributed by atoms with E-state index < -0.39 is 6.04 Å². The molecule has 0 bridgehead atoms. The first kappa shape index (κ1) is 16.4. The largest absolute Gasteiger partial charge is 0.268 e. The molecule has 1 heterocycles. The molecular weight excluding hydrogens is 310 g/mol. The molecule has 0 aliphatic carbocycles. The number of aryl methyl sites for hydroxylation is 1. The molecule has 25 heavy (non-hydrogen) atoms. The third kappa shape index (κ3) is 3.56. The summed E-state index contributed by atoms with van der Waals surface area (Å²) in [6, 6.07) is 23.6. The molecule has 0 radical (unpaired) electrons. The first-order valence-electron chi connectivity index (χ1n) is 7.97. The van der Waals surface area contributed by atoms with Crippen LogP contribution in [-0.2, 0) is 0 Å². The SMILES string of the molecule is Cc1cccn(C(=O)c2ccccc2)c1=N[C@H](C#N)c1ccccc1. The number of hydrogen-bond acceptors (Lipinski definition) is 3. The Hall–Kier alpha value is -3.45. The average molecular weight is 327 g/mol. The number of hydrogen-bond donors (Lipinski definition) is 0. The van der Waals surface area contributed by atoms with Gasteiger partial charge in [-0.15, -0.1) is 0 Å². The first-order chi connectivity index (χ1) is 12.2. The van der Waals surface area contributed by atoms with E-state index >= 15 is 0 Å². The lowest BCUT2D eigenvalue weighted by Crippen LogP contribution is -2.30. The summed E-state index contributed by atoms with van der Waals surface area (Å²) >= 11 is 0. The van der Waals surface area contributed by atoms with Crippen molar-refractivity contribution in [1.29, 1.82) is 5.26 Å². The Kier molecular flexibility index (Phi) is 4.87. The lowest BCUT2D eigenvalue weighted by molar-refractivity contribution is 0.0954. The monoisotopic (exact) mass is 327 g/mol. The summed E-state index contributed by atoms with van der Waals surface area (Å²) in [5.74, 6) is -0.173. The predicted molar refractivity (Wildman–Crippen MR) is 95.7 cm³/mol. The van der Waals surface area contributed by atoms with Gasteiger partial charge in [-0.05, 0) is 36.2 Å². The van der Waals surface area contributed by atoms with E-state index in [1.54, 1.807) is 24.4 Å². The Morgan fingerprint density at radius 3 is 2.28 bits per heavy atom. The van der Waals surface area contributed by atoms with Gasteiger partial charge in [0.05, 0.1) is 6.07 Å². The molecule has 3 rings (SSSR count). The van der Waals surface area contributed by atoms with E-state index in [2.05, 4.69) is 11.1 Å². The molecule has 4 heteroatoms. The quantitative estimate of drug-likeness (QED) is 0.737. The molecule has 0 saturated carbocycles. The van der Waals surface area contributed by atoms with E-state index in [0.717, 1.165) is 11.1 Å². The van der Waals surface area contributed by atoms with Gasteiger partial charge in [-0.1, -0.05) is 54.6 Å². The van der Waals surface area contributed by atoms with E-state index in [9.17, 15) is 10.1 Å². The molecule has 0 aliphatic rings. The average Bonchev–Trinajstić information content (AvgIpc) is 2.68. The van der Waals surface area contributed by atoms with Crippen molar-refractivity contribution < 1.29 is 4.79 Å². The molecule has 0 unspecified atom stereocenters. The van der Waals surface area contributed by atoms with Gasteiger partial charge >= 0.3 is 0 Å². The third-order valence-electron chi connectivity index (χ3n) is 3.89. The summed E-state index contributed by atoms with van der Waals surface area (Å²) in [4.78, 5) is 17.4. The van der Waals surface area contributed by atoms with Crippen molar-refractivity contribution in [2.24, 2.45) is 4.99 Å². The molecule has 2 aromatic carbocycles. The Morgan fingerprint density at radius 1 is 1.00 bits per heavy atom. The van der Waals surface area contributed by atoms with Crippen molar-refractivity contribution >= 4 is 5.91 Å². The maximum atomic E-state index is 12.8. The Morgan fingerprint density at radius 2 is 1.64 bits per heavy atom. The van der Waals surface area contributed by atoms with Crippen LogP contribution < -0.4 is 5.49 Å². The molecule has 0 fully saturated rings. The maximum absolute atomic E-state index is 12.8. The van der Waals surface area contributed by atoms with Gasteiger partial charge in [0.2, 0.25) is 0 Å². The minimum Gasteiger partial charge on any atom is -0.268 e. The lowest BCUT2D eigenvalue weighted by Gasteiger charge is -2.10. The maximum Gasteiger partial charge on any atom is 0.263 e. The summed E-state index contributed by atoms with van der Waals surface area (Å²) in [5.41, 5.74) is 2.70. The topological polar surface area (TPSA) is 58.1 Å². The molecule has 0 spiro atoms. The molecule has 0 saturated heterocycles. The number of pyridine rings is 1. The number of nitriles is 1. The minimum atomic E-state index is -0.669. The highest BCUT2D eigenvalue weighted by molar-refractivity contribution is 5.95. The predicted octanol–water partition coefficient (Wildman–Crippen LogP) is 3.65. The molecule has 0 aliphatic heterocycles. The van der Waals surface area contributed by atoms with Crippen molar-refractivity contribution in [2.75, 3.05) is 0 Å². The van der Waals surface area contributed by atoms with Crippen LogP contribution in [0, 0.1) is 18.3 Å². The summed E-state index contributed by atoms with van der Waals surface area (Å²) in [6.07, 6.45) is 1.68. The normalized spacial score (nSPS) is 12.4. The van der Waals surface area contributed by atoms with Crippen LogP contribution in [0.3, 0.4) is 0 Å². The van der Waals surface area contributed by atoms with Gasteiger partial charge in [-0.3, -0.25) is 9.36 Å². The van der Waals surface area contributed by atoms with E-state index in [4.69, 9.17) is 0 Å².